The first-order valence-corrected chi connectivity index (χ1v) is 7.71. The van der Waals surface area contributed by atoms with Gasteiger partial charge in [0.05, 0.1) is 23.9 Å². The van der Waals surface area contributed by atoms with Crippen molar-refractivity contribution in [1.82, 2.24) is 4.98 Å². The summed E-state index contributed by atoms with van der Waals surface area (Å²) in [6.07, 6.45) is 0.811. The topological polar surface area (TPSA) is 57.4 Å². The molecule has 2 aromatic rings. The largest absolute Gasteiger partial charge is 0.494 e. The van der Waals surface area contributed by atoms with Gasteiger partial charge in [-0.1, -0.05) is 0 Å². The minimum atomic E-state index is 0.613. The molecular weight excluding hydrogens is 272 g/mol. The average Bonchev–Trinajstić information content (AvgIpc) is 2.89. The fourth-order valence-electron chi connectivity index (χ4n) is 1.92. The van der Waals surface area contributed by atoms with Gasteiger partial charge in [0.2, 0.25) is 0 Å². The van der Waals surface area contributed by atoms with E-state index >= 15 is 0 Å². The molecule has 0 atom stereocenters. The third-order valence-electron chi connectivity index (χ3n) is 2.75. The molecule has 0 aliphatic carbocycles. The highest BCUT2D eigenvalue weighted by Gasteiger charge is 2.11. The second kappa shape index (κ2) is 7.26. The highest BCUT2D eigenvalue weighted by molar-refractivity contribution is 7.09. The van der Waals surface area contributed by atoms with Gasteiger partial charge in [-0.3, -0.25) is 0 Å². The summed E-state index contributed by atoms with van der Waals surface area (Å²) >= 11 is 1.63. The van der Waals surface area contributed by atoms with Crippen molar-refractivity contribution in [2.24, 2.45) is 5.73 Å². The van der Waals surface area contributed by atoms with Crippen molar-refractivity contribution in [2.75, 3.05) is 19.8 Å². The molecule has 5 heteroatoms. The van der Waals surface area contributed by atoms with E-state index < -0.39 is 0 Å². The van der Waals surface area contributed by atoms with Crippen LogP contribution < -0.4 is 15.2 Å². The molecule has 108 valence electrons. The number of hydrogen-bond acceptors (Lipinski definition) is 5. The quantitative estimate of drug-likeness (QED) is 0.852. The van der Waals surface area contributed by atoms with Gasteiger partial charge in [-0.25, -0.2) is 4.98 Å². The van der Waals surface area contributed by atoms with E-state index in [2.05, 4.69) is 4.98 Å². The molecule has 0 bridgehead atoms. The Kier molecular flexibility index (Phi) is 5.38. The highest BCUT2D eigenvalue weighted by atomic mass is 32.1. The van der Waals surface area contributed by atoms with E-state index in [-0.39, 0.29) is 0 Å². The first-order chi connectivity index (χ1) is 9.78. The first kappa shape index (κ1) is 14.8. The van der Waals surface area contributed by atoms with Crippen LogP contribution in [0.4, 0.5) is 0 Å². The van der Waals surface area contributed by atoms with E-state index in [0.29, 0.717) is 19.8 Å². The van der Waals surface area contributed by atoms with Crippen molar-refractivity contribution in [3.05, 3.63) is 28.6 Å². The van der Waals surface area contributed by atoms with Crippen LogP contribution in [0.5, 0.6) is 11.5 Å². The number of ether oxygens (including phenoxy) is 2. The fourth-order valence-corrected chi connectivity index (χ4v) is 2.73. The molecule has 0 radical (unpaired) electrons. The molecule has 0 amide bonds. The fraction of sp³-hybridized carbons (Fsp3) is 0.400. The summed E-state index contributed by atoms with van der Waals surface area (Å²) in [5.41, 5.74) is 7.50. The molecule has 0 fully saturated rings. The van der Waals surface area contributed by atoms with Gasteiger partial charge in [-0.2, -0.15) is 0 Å². The maximum absolute atomic E-state index is 5.71. The zero-order valence-electron chi connectivity index (χ0n) is 11.9. The van der Waals surface area contributed by atoms with Crippen molar-refractivity contribution < 1.29 is 9.47 Å². The third kappa shape index (κ3) is 3.49. The lowest BCUT2D eigenvalue weighted by Gasteiger charge is -2.11. The zero-order valence-corrected chi connectivity index (χ0v) is 12.7. The van der Waals surface area contributed by atoms with Crippen LogP contribution in [-0.4, -0.2) is 24.7 Å². The molecule has 2 rings (SSSR count). The number of thiazole rings is 1. The summed E-state index contributed by atoms with van der Waals surface area (Å²) in [4.78, 5) is 4.61. The summed E-state index contributed by atoms with van der Waals surface area (Å²) < 4.78 is 11.2. The second-order valence-electron chi connectivity index (χ2n) is 4.19. The monoisotopic (exact) mass is 292 g/mol. The maximum atomic E-state index is 5.71. The van der Waals surface area contributed by atoms with E-state index in [9.17, 15) is 0 Å². The molecule has 0 aliphatic rings. The van der Waals surface area contributed by atoms with Crippen molar-refractivity contribution in [2.45, 2.75) is 20.3 Å². The summed E-state index contributed by atoms with van der Waals surface area (Å²) in [6, 6.07) is 5.87. The Morgan fingerprint density at radius 3 is 2.70 bits per heavy atom. The Hall–Kier alpha value is -1.59. The Morgan fingerprint density at radius 2 is 2.00 bits per heavy atom. The van der Waals surface area contributed by atoms with Gasteiger partial charge < -0.3 is 15.2 Å². The second-order valence-corrected chi connectivity index (χ2v) is 5.13. The molecule has 0 aliphatic heterocycles. The van der Waals surface area contributed by atoms with Gasteiger partial charge in [0, 0.05) is 23.4 Å². The first-order valence-electron chi connectivity index (χ1n) is 6.83. The minimum Gasteiger partial charge on any atom is -0.494 e. The van der Waals surface area contributed by atoms with Crippen molar-refractivity contribution >= 4 is 11.3 Å². The zero-order chi connectivity index (χ0) is 14.4. The molecule has 0 saturated heterocycles. The molecule has 0 spiro atoms. The molecule has 1 heterocycles. The van der Waals surface area contributed by atoms with E-state index in [0.717, 1.165) is 34.2 Å². The molecule has 0 saturated carbocycles. The average molecular weight is 292 g/mol. The van der Waals surface area contributed by atoms with Gasteiger partial charge >= 0.3 is 0 Å². The molecule has 20 heavy (non-hydrogen) atoms. The molecule has 1 aromatic carbocycles. The van der Waals surface area contributed by atoms with Crippen LogP contribution in [0, 0.1) is 0 Å². The smallest absolute Gasteiger partial charge is 0.132 e. The van der Waals surface area contributed by atoms with E-state index in [1.54, 1.807) is 11.3 Å². The predicted octanol–water partition coefficient (Wildman–Crippen LogP) is 3.11. The van der Waals surface area contributed by atoms with Crippen molar-refractivity contribution in [1.29, 1.82) is 0 Å². The summed E-state index contributed by atoms with van der Waals surface area (Å²) in [5, 5.41) is 3.10. The highest BCUT2D eigenvalue weighted by Crippen LogP contribution is 2.34. The van der Waals surface area contributed by atoms with Crippen LogP contribution in [0.1, 0.15) is 18.9 Å². The Morgan fingerprint density at radius 1 is 1.20 bits per heavy atom. The number of nitrogens with zero attached hydrogens (tertiary/aromatic N) is 1. The molecule has 0 unspecified atom stereocenters. The van der Waals surface area contributed by atoms with Gasteiger partial charge in [-0.05, 0) is 32.5 Å². The lowest BCUT2D eigenvalue weighted by Crippen LogP contribution is -2.02. The van der Waals surface area contributed by atoms with Gasteiger partial charge in [0.15, 0.2) is 0 Å². The van der Waals surface area contributed by atoms with E-state index in [4.69, 9.17) is 15.2 Å². The van der Waals surface area contributed by atoms with Crippen LogP contribution >= 0.6 is 11.3 Å². The van der Waals surface area contributed by atoms with Crippen LogP contribution in [0.15, 0.2) is 23.6 Å². The number of aromatic nitrogens is 1. The predicted molar refractivity (Wildman–Crippen MR) is 82.6 cm³/mol. The van der Waals surface area contributed by atoms with E-state index in [1.165, 1.54) is 0 Å². The Balaban J connectivity index is 2.32. The number of nitrogens with two attached hydrogens (primary N) is 1. The standard InChI is InChI=1S/C15H20N2O2S/c1-3-18-11-5-6-12(14(9-11)19-4-2)13-10-20-15(17-13)7-8-16/h5-6,9-10H,3-4,7-8,16H2,1-2H3. The van der Waals surface area contributed by atoms with Crippen LogP contribution in [-0.2, 0) is 6.42 Å². The third-order valence-corrected chi connectivity index (χ3v) is 3.66. The summed E-state index contributed by atoms with van der Waals surface area (Å²) in [6.45, 7) is 5.81. The molecule has 4 nitrogen and oxygen atoms in total. The van der Waals surface area contributed by atoms with Crippen LogP contribution in [0.25, 0.3) is 11.3 Å². The number of rotatable bonds is 7. The van der Waals surface area contributed by atoms with Crippen LogP contribution in [0.2, 0.25) is 0 Å². The Bertz CT molecular complexity index is 555. The van der Waals surface area contributed by atoms with E-state index in [1.807, 2.05) is 37.4 Å². The van der Waals surface area contributed by atoms with Gasteiger partial charge in [-0.15, -0.1) is 11.3 Å². The SMILES string of the molecule is CCOc1ccc(-c2csc(CCN)n2)c(OCC)c1. The van der Waals surface area contributed by atoms with Crippen molar-refractivity contribution in [3.8, 4) is 22.8 Å². The number of hydrogen-bond donors (Lipinski definition) is 1. The molecular formula is C15H20N2O2S. The lowest BCUT2D eigenvalue weighted by atomic mass is 10.1. The minimum absolute atomic E-state index is 0.613. The lowest BCUT2D eigenvalue weighted by molar-refractivity contribution is 0.324. The molecule has 1 aromatic heterocycles. The normalized spacial score (nSPS) is 10.6. The van der Waals surface area contributed by atoms with Gasteiger partial charge in [0.1, 0.15) is 11.5 Å². The summed E-state index contributed by atoms with van der Waals surface area (Å²) in [5.74, 6) is 1.63. The summed E-state index contributed by atoms with van der Waals surface area (Å²) in [7, 11) is 0. The molecule has 2 N–H and O–H groups in total. The maximum Gasteiger partial charge on any atom is 0.132 e. The number of benzene rings is 1. The van der Waals surface area contributed by atoms with Crippen molar-refractivity contribution in [3.63, 3.8) is 0 Å². The Labute approximate surface area is 123 Å². The van der Waals surface area contributed by atoms with Gasteiger partial charge in [0.25, 0.3) is 0 Å². The van der Waals surface area contributed by atoms with Crippen LogP contribution in [0.3, 0.4) is 0 Å².